The maximum absolute atomic E-state index is 12.2. The van der Waals surface area contributed by atoms with E-state index >= 15 is 0 Å². The van der Waals surface area contributed by atoms with Crippen LogP contribution in [0.15, 0.2) is 56.3 Å². The van der Waals surface area contributed by atoms with Gasteiger partial charge in [0.15, 0.2) is 0 Å². The lowest BCUT2D eigenvalue weighted by Gasteiger charge is -2.09. The normalized spacial score (nSPS) is 11.3. The highest BCUT2D eigenvalue weighted by molar-refractivity contribution is 9.10. The zero-order chi connectivity index (χ0) is 14.0. The molecule has 100 valence electrons. The summed E-state index contributed by atoms with van der Waals surface area (Å²) in [6, 6.07) is 11.3. The standard InChI is InChI=1S/C12H8Br2ClNO2S/c13-8-2-1-3-10(6-8)19(17,18)16-9-4-5-12(15)11(14)7-9/h1-7,16H. The lowest BCUT2D eigenvalue weighted by molar-refractivity contribution is 0.601. The van der Waals surface area contributed by atoms with E-state index in [-0.39, 0.29) is 4.90 Å². The van der Waals surface area contributed by atoms with Gasteiger partial charge >= 0.3 is 0 Å². The van der Waals surface area contributed by atoms with Crippen LogP contribution in [0, 0.1) is 0 Å². The van der Waals surface area contributed by atoms with Gasteiger partial charge in [0, 0.05) is 8.95 Å². The van der Waals surface area contributed by atoms with Crippen LogP contribution in [0.4, 0.5) is 5.69 Å². The zero-order valence-electron chi connectivity index (χ0n) is 9.40. The summed E-state index contributed by atoms with van der Waals surface area (Å²) in [5.41, 5.74) is 0.441. The number of halogens is 3. The van der Waals surface area contributed by atoms with Gasteiger partial charge in [-0.2, -0.15) is 0 Å². The Balaban J connectivity index is 2.33. The Bertz CT molecular complexity index is 719. The summed E-state index contributed by atoms with van der Waals surface area (Å²) >= 11 is 12.4. The molecule has 19 heavy (non-hydrogen) atoms. The number of rotatable bonds is 3. The monoisotopic (exact) mass is 423 g/mol. The average Bonchev–Trinajstić information content (AvgIpc) is 2.33. The van der Waals surface area contributed by atoms with Crippen molar-refractivity contribution in [1.29, 1.82) is 0 Å². The number of nitrogens with one attached hydrogen (secondary N) is 1. The van der Waals surface area contributed by atoms with Crippen molar-refractivity contribution in [2.45, 2.75) is 4.90 Å². The second-order valence-electron chi connectivity index (χ2n) is 3.69. The quantitative estimate of drug-likeness (QED) is 0.777. The molecular formula is C12H8Br2ClNO2S. The number of benzene rings is 2. The van der Waals surface area contributed by atoms with Gasteiger partial charge in [-0.3, -0.25) is 4.72 Å². The van der Waals surface area contributed by atoms with Gasteiger partial charge in [0.05, 0.1) is 15.6 Å². The van der Waals surface area contributed by atoms with Crippen molar-refractivity contribution < 1.29 is 8.42 Å². The van der Waals surface area contributed by atoms with E-state index in [1.807, 2.05) is 0 Å². The van der Waals surface area contributed by atoms with Crippen LogP contribution in [0.25, 0.3) is 0 Å². The molecule has 7 heteroatoms. The van der Waals surface area contributed by atoms with Crippen LogP contribution in [0.2, 0.25) is 5.02 Å². The van der Waals surface area contributed by atoms with Gasteiger partial charge in [0.1, 0.15) is 0 Å². The van der Waals surface area contributed by atoms with Crippen molar-refractivity contribution in [2.24, 2.45) is 0 Å². The van der Waals surface area contributed by atoms with Gasteiger partial charge in [0.25, 0.3) is 10.0 Å². The Morgan fingerprint density at radius 2 is 1.79 bits per heavy atom. The van der Waals surface area contributed by atoms with E-state index in [4.69, 9.17) is 11.6 Å². The summed E-state index contributed by atoms with van der Waals surface area (Å²) in [6.45, 7) is 0. The highest BCUT2D eigenvalue weighted by Gasteiger charge is 2.14. The highest BCUT2D eigenvalue weighted by Crippen LogP contribution is 2.27. The molecule has 0 fully saturated rings. The molecule has 0 aliphatic rings. The Morgan fingerprint density at radius 3 is 2.42 bits per heavy atom. The van der Waals surface area contributed by atoms with Gasteiger partial charge in [-0.25, -0.2) is 8.42 Å². The maximum Gasteiger partial charge on any atom is 0.261 e. The summed E-state index contributed by atoms with van der Waals surface area (Å²) in [5, 5.41) is 0.519. The molecule has 0 saturated carbocycles. The number of anilines is 1. The first-order valence-corrected chi connectivity index (χ1v) is 8.57. The van der Waals surface area contributed by atoms with Crippen LogP contribution in [-0.4, -0.2) is 8.42 Å². The summed E-state index contributed by atoms with van der Waals surface area (Å²) in [6.07, 6.45) is 0. The largest absolute Gasteiger partial charge is 0.280 e. The molecule has 2 aromatic carbocycles. The first-order chi connectivity index (χ1) is 8.88. The van der Waals surface area contributed by atoms with E-state index in [0.717, 1.165) is 0 Å². The van der Waals surface area contributed by atoms with Crippen molar-refractivity contribution in [3.63, 3.8) is 0 Å². The van der Waals surface area contributed by atoms with Crippen LogP contribution in [0.1, 0.15) is 0 Å². The summed E-state index contributed by atoms with van der Waals surface area (Å²) in [7, 11) is -3.61. The van der Waals surface area contributed by atoms with E-state index in [1.54, 1.807) is 30.3 Å². The topological polar surface area (TPSA) is 46.2 Å². The number of hydrogen-bond donors (Lipinski definition) is 1. The number of hydrogen-bond acceptors (Lipinski definition) is 2. The molecule has 0 unspecified atom stereocenters. The van der Waals surface area contributed by atoms with Crippen molar-refractivity contribution in [3.05, 3.63) is 56.4 Å². The van der Waals surface area contributed by atoms with Crippen molar-refractivity contribution >= 4 is 59.2 Å². The molecule has 3 nitrogen and oxygen atoms in total. The van der Waals surface area contributed by atoms with Gasteiger partial charge in [-0.1, -0.05) is 33.6 Å². The minimum Gasteiger partial charge on any atom is -0.280 e. The molecule has 0 saturated heterocycles. The zero-order valence-corrected chi connectivity index (χ0v) is 14.1. The predicted octanol–water partition coefficient (Wildman–Crippen LogP) is 4.67. The van der Waals surface area contributed by atoms with Gasteiger partial charge in [-0.05, 0) is 52.3 Å². The third-order valence-electron chi connectivity index (χ3n) is 2.28. The molecule has 2 aromatic rings. The fourth-order valence-corrected chi connectivity index (χ4v) is 3.55. The Hall–Kier alpha value is -0.560. The molecule has 0 heterocycles. The fourth-order valence-electron chi connectivity index (χ4n) is 1.41. The van der Waals surface area contributed by atoms with Crippen molar-refractivity contribution in [3.8, 4) is 0 Å². The summed E-state index contributed by atoms with van der Waals surface area (Å²) in [4.78, 5) is 0.188. The lowest BCUT2D eigenvalue weighted by atomic mass is 10.3. The van der Waals surface area contributed by atoms with E-state index in [2.05, 4.69) is 36.6 Å². The minimum atomic E-state index is -3.61. The molecule has 0 radical (unpaired) electrons. The van der Waals surface area contributed by atoms with Crippen molar-refractivity contribution in [2.75, 3.05) is 4.72 Å². The molecule has 2 rings (SSSR count). The summed E-state index contributed by atoms with van der Waals surface area (Å²) < 4.78 is 28.2. The van der Waals surface area contributed by atoms with Crippen LogP contribution in [-0.2, 0) is 10.0 Å². The molecule has 1 N–H and O–H groups in total. The third-order valence-corrected chi connectivity index (χ3v) is 5.36. The maximum atomic E-state index is 12.2. The van der Waals surface area contributed by atoms with Gasteiger partial charge in [0.2, 0.25) is 0 Å². The highest BCUT2D eigenvalue weighted by atomic mass is 79.9. The van der Waals surface area contributed by atoms with E-state index < -0.39 is 10.0 Å². The Labute approximate surface area is 133 Å². The SMILES string of the molecule is O=S(=O)(Nc1ccc(Cl)c(Br)c1)c1cccc(Br)c1. The predicted molar refractivity (Wildman–Crippen MR) is 84.1 cm³/mol. The smallest absolute Gasteiger partial charge is 0.261 e. The second-order valence-corrected chi connectivity index (χ2v) is 7.55. The molecule has 0 aliphatic heterocycles. The van der Waals surface area contributed by atoms with Crippen LogP contribution >= 0.6 is 43.5 Å². The Morgan fingerprint density at radius 1 is 1.05 bits per heavy atom. The molecule has 0 amide bonds. The average molecular weight is 426 g/mol. The molecular weight excluding hydrogens is 417 g/mol. The van der Waals surface area contributed by atoms with Crippen LogP contribution < -0.4 is 4.72 Å². The summed E-state index contributed by atoms with van der Waals surface area (Å²) in [5.74, 6) is 0. The Kier molecular flexibility index (Phi) is 4.55. The first-order valence-electron chi connectivity index (χ1n) is 5.12. The van der Waals surface area contributed by atoms with Crippen molar-refractivity contribution in [1.82, 2.24) is 0 Å². The molecule has 0 aromatic heterocycles. The molecule has 0 atom stereocenters. The van der Waals surface area contributed by atoms with Gasteiger partial charge in [-0.15, -0.1) is 0 Å². The van der Waals surface area contributed by atoms with E-state index in [9.17, 15) is 8.42 Å². The molecule has 0 aliphatic carbocycles. The molecule has 0 bridgehead atoms. The first kappa shape index (κ1) is 14.8. The number of sulfonamides is 1. The van der Waals surface area contributed by atoms with E-state index in [1.165, 1.54) is 12.1 Å². The van der Waals surface area contributed by atoms with Crippen LogP contribution in [0.5, 0.6) is 0 Å². The van der Waals surface area contributed by atoms with Crippen LogP contribution in [0.3, 0.4) is 0 Å². The molecule has 0 spiro atoms. The third kappa shape index (κ3) is 3.72. The minimum absolute atomic E-state index is 0.188. The van der Waals surface area contributed by atoms with Gasteiger partial charge < -0.3 is 0 Å². The lowest BCUT2D eigenvalue weighted by Crippen LogP contribution is -2.12. The second kappa shape index (κ2) is 5.83. The van der Waals surface area contributed by atoms with E-state index in [0.29, 0.717) is 19.7 Å². The fraction of sp³-hybridized carbons (Fsp3) is 0.